The van der Waals surface area contributed by atoms with E-state index in [0.717, 1.165) is 29.9 Å². The van der Waals surface area contributed by atoms with Crippen LogP contribution >= 0.6 is 0 Å². The molecular formula is C31H37F2NO3. The van der Waals surface area contributed by atoms with Crippen molar-refractivity contribution in [3.8, 4) is 17.6 Å². The quantitative estimate of drug-likeness (QED) is 0.252. The smallest absolute Gasteiger partial charge is 0.343 e. The molecule has 6 heteroatoms. The number of ether oxygens (including phenoxy) is 2. The van der Waals surface area contributed by atoms with E-state index >= 15 is 0 Å². The predicted molar refractivity (Wildman–Crippen MR) is 138 cm³/mol. The van der Waals surface area contributed by atoms with E-state index in [-0.39, 0.29) is 11.3 Å². The van der Waals surface area contributed by atoms with Crippen LogP contribution in [-0.2, 0) is 0 Å². The average molecular weight is 510 g/mol. The van der Waals surface area contributed by atoms with E-state index in [2.05, 4.69) is 6.92 Å². The maximum absolute atomic E-state index is 13.8. The monoisotopic (exact) mass is 509 g/mol. The van der Waals surface area contributed by atoms with Gasteiger partial charge in [0.25, 0.3) is 0 Å². The molecule has 0 aromatic heterocycles. The largest absolute Gasteiger partial charge is 0.493 e. The van der Waals surface area contributed by atoms with Crippen molar-refractivity contribution in [2.75, 3.05) is 6.61 Å². The number of esters is 1. The van der Waals surface area contributed by atoms with E-state index in [1.54, 1.807) is 24.3 Å². The third-order valence-corrected chi connectivity index (χ3v) is 8.33. The van der Waals surface area contributed by atoms with Crippen molar-refractivity contribution < 1.29 is 23.0 Å². The molecular weight excluding hydrogens is 472 g/mol. The Labute approximate surface area is 219 Å². The fourth-order valence-corrected chi connectivity index (χ4v) is 6.05. The van der Waals surface area contributed by atoms with Crippen molar-refractivity contribution in [3.05, 3.63) is 59.2 Å². The fraction of sp³-hybridized carbons (Fsp3) is 0.548. The van der Waals surface area contributed by atoms with Crippen LogP contribution < -0.4 is 9.47 Å². The van der Waals surface area contributed by atoms with E-state index in [1.165, 1.54) is 76.7 Å². The lowest BCUT2D eigenvalue weighted by molar-refractivity contribution is 0.0734. The molecule has 2 saturated carbocycles. The van der Waals surface area contributed by atoms with Crippen LogP contribution in [0.4, 0.5) is 8.78 Å². The molecule has 2 aromatic carbocycles. The molecule has 0 unspecified atom stereocenters. The van der Waals surface area contributed by atoms with Crippen molar-refractivity contribution in [1.29, 1.82) is 5.26 Å². The van der Waals surface area contributed by atoms with Crippen molar-refractivity contribution in [1.82, 2.24) is 0 Å². The van der Waals surface area contributed by atoms with Crippen LogP contribution in [0, 0.1) is 46.6 Å². The molecule has 4 nitrogen and oxygen atoms in total. The zero-order chi connectivity index (χ0) is 26.2. The van der Waals surface area contributed by atoms with Gasteiger partial charge in [-0.2, -0.15) is 5.26 Å². The van der Waals surface area contributed by atoms with Gasteiger partial charge in [0.05, 0.1) is 12.2 Å². The summed E-state index contributed by atoms with van der Waals surface area (Å²) >= 11 is 0. The zero-order valence-corrected chi connectivity index (χ0v) is 21.7. The van der Waals surface area contributed by atoms with Crippen LogP contribution in [0.1, 0.15) is 93.5 Å². The molecule has 2 aromatic rings. The highest BCUT2D eigenvalue weighted by molar-refractivity contribution is 5.91. The first-order valence-electron chi connectivity index (χ1n) is 13.8. The SMILES string of the molecule is CCCCC1CCC(C2CCC(COc3ccc(C(=O)Oc4cc(F)c(C#N)c(F)c4)cc3)CC2)CC1. The summed E-state index contributed by atoms with van der Waals surface area (Å²) in [5, 5.41) is 8.75. The second-order valence-electron chi connectivity index (χ2n) is 10.8. The predicted octanol–water partition coefficient (Wildman–Crippen LogP) is 8.24. The third-order valence-electron chi connectivity index (χ3n) is 8.33. The Balaban J connectivity index is 1.19. The summed E-state index contributed by atoms with van der Waals surface area (Å²) in [7, 11) is 0. The summed E-state index contributed by atoms with van der Waals surface area (Å²) in [4.78, 5) is 12.4. The zero-order valence-electron chi connectivity index (χ0n) is 21.7. The molecule has 0 N–H and O–H groups in total. The van der Waals surface area contributed by atoms with Gasteiger partial charge in [-0.3, -0.25) is 0 Å². The van der Waals surface area contributed by atoms with Crippen molar-refractivity contribution >= 4 is 5.97 Å². The first-order valence-corrected chi connectivity index (χ1v) is 13.8. The number of benzene rings is 2. The minimum absolute atomic E-state index is 0.238. The van der Waals surface area contributed by atoms with Crippen LogP contribution in [0.5, 0.6) is 11.5 Å². The van der Waals surface area contributed by atoms with Gasteiger partial charge in [0.15, 0.2) is 0 Å². The van der Waals surface area contributed by atoms with Crippen LogP contribution in [0.3, 0.4) is 0 Å². The Kier molecular flexibility index (Phi) is 9.55. The average Bonchev–Trinajstić information content (AvgIpc) is 2.91. The standard InChI is InChI=1S/C31H37F2NO3/c1-2-3-4-21-5-9-23(10-6-21)24-11-7-22(8-12-24)20-36-26-15-13-25(14-16-26)31(35)37-27-17-29(32)28(19-34)30(33)18-27/h13-18,21-24H,2-12,20H2,1H3. The van der Waals surface area contributed by atoms with Crippen LogP contribution in [-0.4, -0.2) is 12.6 Å². The number of carbonyl (C=O) groups is 1. The Morgan fingerprint density at radius 3 is 2.00 bits per heavy atom. The molecule has 0 saturated heterocycles. The Bertz CT molecular complexity index is 1060. The first kappa shape index (κ1) is 27.1. The van der Waals surface area contributed by atoms with Crippen LogP contribution in [0.25, 0.3) is 0 Å². The van der Waals surface area contributed by atoms with Gasteiger partial charge in [-0.25, -0.2) is 13.6 Å². The lowest BCUT2D eigenvalue weighted by Crippen LogP contribution is -2.27. The summed E-state index contributed by atoms with van der Waals surface area (Å²) in [5.41, 5.74) is -0.470. The van der Waals surface area contributed by atoms with E-state index in [9.17, 15) is 13.6 Å². The first-order chi connectivity index (χ1) is 18.0. The van der Waals surface area contributed by atoms with E-state index in [1.807, 2.05) is 0 Å². The van der Waals surface area contributed by atoms with Crippen molar-refractivity contribution in [2.24, 2.45) is 23.7 Å². The van der Waals surface area contributed by atoms with Gasteiger partial charge in [0.1, 0.15) is 34.8 Å². The Hall–Kier alpha value is -2.94. The van der Waals surface area contributed by atoms with E-state index < -0.39 is 23.2 Å². The fourth-order valence-electron chi connectivity index (χ4n) is 6.05. The lowest BCUT2D eigenvalue weighted by atomic mass is 9.69. The van der Waals surface area contributed by atoms with Gasteiger partial charge in [0.2, 0.25) is 0 Å². The van der Waals surface area contributed by atoms with Gasteiger partial charge in [0, 0.05) is 12.1 Å². The van der Waals surface area contributed by atoms with Gasteiger partial charge >= 0.3 is 5.97 Å². The third kappa shape index (κ3) is 7.31. The van der Waals surface area contributed by atoms with Crippen LogP contribution in [0.15, 0.2) is 36.4 Å². The molecule has 0 spiro atoms. The normalized spacial score (nSPS) is 23.7. The second kappa shape index (κ2) is 13.0. The minimum Gasteiger partial charge on any atom is -0.493 e. The van der Waals surface area contributed by atoms with E-state index in [4.69, 9.17) is 14.7 Å². The molecule has 0 amide bonds. The Morgan fingerprint density at radius 1 is 0.892 bits per heavy atom. The number of carbonyl (C=O) groups excluding carboxylic acids is 1. The molecule has 2 fully saturated rings. The highest BCUT2D eigenvalue weighted by atomic mass is 19.1. The molecule has 2 aliphatic rings. The summed E-state index contributed by atoms with van der Waals surface area (Å²) in [5.74, 6) is 0.831. The molecule has 0 bridgehead atoms. The summed E-state index contributed by atoms with van der Waals surface area (Å²) in [6, 6.07) is 9.64. The topological polar surface area (TPSA) is 59.3 Å². The van der Waals surface area contributed by atoms with Gasteiger partial charge in [-0.1, -0.05) is 39.0 Å². The number of nitriles is 1. The number of nitrogens with zero attached hydrogens (tertiary/aromatic N) is 1. The molecule has 2 aliphatic carbocycles. The second-order valence-corrected chi connectivity index (χ2v) is 10.8. The molecule has 37 heavy (non-hydrogen) atoms. The van der Waals surface area contributed by atoms with Gasteiger partial charge in [-0.15, -0.1) is 0 Å². The summed E-state index contributed by atoms with van der Waals surface area (Å²) in [6.45, 7) is 2.96. The number of hydrogen-bond donors (Lipinski definition) is 0. The van der Waals surface area contributed by atoms with Crippen molar-refractivity contribution in [3.63, 3.8) is 0 Å². The Morgan fingerprint density at radius 2 is 1.46 bits per heavy atom. The summed E-state index contributed by atoms with van der Waals surface area (Å²) < 4.78 is 38.6. The maximum Gasteiger partial charge on any atom is 0.343 e. The highest BCUT2D eigenvalue weighted by Gasteiger charge is 2.31. The summed E-state index contributed by atoms with van der Waals surface area (Å²) in [6.07, 6.45) is 14.9. The van der Waals surface area contributed by atoms with Gasteiger partial charge in [-0.05, 0) is 86.5 Å². The molecule has 0 atom stereocenters. The minimum atomic E-state index is -1.07. The molecule has 198 valence electrons. The van der Waals surface area contributed by atoms with Crippen molar-refractivity contribution in [2.45, 2.75) is 77.6 Å². The molecule has 0 heterocycles. The van der Waals surface area contributed by atoms with Gasteiger partial charge < -0.3 is 9.47 Å². The van der Waals surface area contributed by atoms with Crippen LogP contribution in [0.2, 0.25) is 0 Å². The molecule has 0 radical (unpaired) electrons. The lowest BCUT2D eigenvalue weighted by Gasteiger charge is -2.37. The molecule has 0 aliphatic heterocycles. The number of rotatable bonds is 9. The number of hydrogen-bond acceptors (Lipinski definition) is 4. The maximum atomic E-state index is 13.8. The van der Waals surface area contributed by atoms with E-state index in [0.29, 0.717) is 18.3 Å². The highest BCUT2D eigenvalue weighted by Crippen LogP contribution is 2.42. The number of halogens is 2. The number of unbranched alkanes of at least 4 members (excludes halogenated alkanes) is 1. The molecule has 4 rings (SSSR count).